The number of rotatable bonds is 4. The second kappa shape index (κ2) is 7.04. The van der Waals surface area contributed by atoms with Gasteiger partial charge in [-0.25, -0.2) is 4.79 Å². The molecule has 0 fully saturated rings. The van der Waals surface area contributed by atoms with Crippen molar-refractivity contribution < 1.29 is 23.8 Å². The van der Waals surface area contributed by atoms with Crippen LogP contribution in [0.15, 0.2) is 48.5 Å². The Morgan fingerprint density at radius 1 is 1.12 bits per heavy atom. The molecule has 1 aliphatic heterocycles. The Labute approximate surface area is 139 Å². The van der Waals surface area contributed by atoms with E-state index < -0.39 is 12.1 Å². The monoisotopic (exact) mass is 327 g/mol. The van der Waals surface area contributed by atoms with Crippen LogP contribution in [0.1, 0.15) is 15.9 Å². The first-order valence-corrected chi connectivity index (χ1v) is 7.51. The minimum atomic E-state index is -0.686. The quantitative estimate of drug-likeness (QED) is 0.869. The Balaban J connectivity index is 1.55. The van der Waals surface area contributed by atoms with Gasteiger partial charge < -0.3 is 19.5 Å². The molecule has 6 nitrogen and oxygen atoms in total. The Morgan fingerprint density at radius 2 is 1.83 bits per heavy atom. The second-order valence-electron chi connectivity index (χ2n) is 5.27. The molecular formula is C18H17NO5. The summed E-state index contributed by atoms with van der Waals surface area (Å²) in [6, 6.07) is 14.1. The number of ether oxygens (including phenoxy) is 3. The first-order valence-electron chi connectivity index (χ1n) is 7.51. The van der Waals surface area contributed by atoms with Crippen LogP contribution in [0, 0.1) is 0 Å². The van der Waals surface area contributed by atoms with Crippen molar-refractivity contribution in [2.45, 2.75) is 12.6 Å². The molecule has 2 aromatic carbocycles. The number of methoxy groups -OCH3 is 1. The van der Waals surface area contributed by atoms with Crippen LogP contribution in [0.4, 0.5) is 0 Å². The highest BCUT2D eigenvalue weighted by Gasteiger charge is 2.26. The SMILES string of the molecule is COC(=O)c1ccc(CNC(=O)[C@H]2COc3ccccc3O2)cc1. The summed E-state index contributed by atoms with van der Waals surface area (Å²) < 4.78 is 15.8. The number of nitrogens with one attached hydrogen (secondary N) is 1. The van der Waals surface area contributed by atoms with E-state index in [1.54, 1.807) is 36.4 Å². The van der Waals surface area contributed by atoms with Crippen LogP contribution in [0.3, 0.4) is 0 Å². The molecule has 24 heavy (non-hydrogen) atoms. The number of para-hydroxylation sites is 2. The van der Waals surface area contributed by atoms with Gasteiger partial charge in [-0.2, -0.15) is 0 Å². The molecular weight excluding hydrogens is 310 g/mol. The Bertz CT molecular complexity index is 741. The summed E-state index contributed by atoms with van der Waals surface area (Å²) in [6.07, 6.45) is -0.686. The van der Waals surface area contributed by atoms with Crippen LogP contribution < -0.4 is 14.8 Å². The number of fused-ring (bicyclic) bond motifs is 1. The lowest BCUT2D eigenvalue weighted by Gasteiger charge is -2.25. The van der Waals surface area contributed by atoms with E-state index in [0.29, 0.717) is 23.6 Å². The van der Waals surface area contributed by atoms with E-state index in [4.69, 9.17) is 9.47 Å². The van der Waals surface area contributed by atoms with Crippen molar-refractivity contribution in [3.63, 3.8) is 0 Å². The molecule has 0 radical (unpaired) electrons. The zero-order valence-corrected chi connectivity index (χ0v) is 13.2. The van der Waals surface area contributed by atoms with Crippen molar-refractivity contribution in [1.29, 1.82) is 0 Å². The van der Waals surface area contributed by atoms with E-state index >= 15 is 0 Å². The van der Waals surface area contributed by atoms with Crippen molar-refractivity contribution in [3.05, 3.63) is 59.7 Å². The van der Waals surface area contributed by atoms with Gasteiger partial charge in [0, 0.05) is 6.54 Å². The fraction of sp³-hybridized carbons (Fsp3) is 0.222. The number of hydrogen-bond donors (Lipinski definition) is 1. The van der Waals surface area contributed by atoms with Crippen LogP contribution >= 0.6 is 0 Å². The molecule has 6 heteroatoms. The van der Waals surface area contributed by atoms with Gasteiger partial charge in [-0.1, -0.05) is 24.3 Å². The second-order valence-corrected chi connectivity index (χ2v) is 5.27. The van der Waals surface area contributed by atoms with E-state index in [-0.39, 0.29) is 12.5 Å². The van der Waals surface area contributed by atoms with Crippen LogP contribution in [-0.4, -0.2) is 31.7 Å². The molecule has 1 heterocycles. The molecule has 3 rings (SSSR count). The Hall–Kier alpha value is -3.02. The minimum absolute atomic E-state index is 0.171. The van der Waals surface area contributed by atoms with Gasteiger partial charge in [-0.05, 0) is 29.8 Å². The third-order valence-electron chi connectivity index (χ3n) is 3.64. The topological polar surface area (TPSA) is 73.9 Å². The fourth-order valence-electron chi connectivity index (χ4n) is 2.33. The molecule has 1 amide bonds. The largest absolute Gasteiger partial charge is 0.485 e. The summed E-state index contributed by atoms with van der Waals surface area (Å²) in [5, 5.41) is 2.80. The van der Waals surface area contributed by atoms with E-state index in [2.05, 4.69) is 10.1 Å². The van der Waals surface area contributed by atoms with Gasteiger partial charge in [0.25, 0.3) is 5.91 Å². The highest BCUT2D eigenvalue weighted by molar-refractivity contribution is 5.89. The molecule has 1 N–H and O–H groups in total. The summed E-state index contributed by atoms with van der Waals surface area (Å²) in [6.45, 7) is 0.506. The van der Waals surface area contributed by atoms with Crippen LogP contribution in [0.5, 0.6) is 11.5 Å². The van der Waals surface area contributed by atoms with Gasteiger partial charge in [0.15, 0.2) is 11.5 Å². The van der Waals surface area contributed by atoms with Crippen molar-refractivity contribution in [2.75, 3.05) is 13.7 Å². The zero-order valence-electron chi connectivity index (χ0n) is 13.2. The van der Waals surface area contributed by atoms with E-state index in [0.717, 1.165) is 5.56 Å². The maximum atomic E-state index is 12.2. The maximum Gasteiger partial charge on any atom is 0.337 e. The molecule has 124 valence electrons. The van der Waals surface area contributed by atoms with E-state index in [1.807, 2.05) is 12.1 Å². The smallest absolute Gasteiger partial charge is 0.337 e. The van der Waals surface area contributed by atoms with Crippen molar-refractivity contribution in [2.24, 2.45) is 0 Å². The fourth-order valence-corrected chi connectivity index (χ4v) is 2.33. The lowest BCUT2D eigenvalue weighted by Crippen LogP contribution is -2.43. The van der Waals surface area contributed by atoms with Crippen LogP contribution in [-0.2, 0) is 16.1 Å². The predicted octanol–water partition coefficient (Wildman–Crippen LogP) is 1.93. The molecule has 1 atom stereocenters. The average molecular weight is 327 g/mol. The molecule has 2 aromatic rings. The first-order chi connectivity index (χ1) is 11.7. The molecule has 0 aliphatic carbocycles. The third kappa shape index (κ3) is 3.48. The van der Waals surface area contributed by atoms with Crippen molar-refractivity contribution in [3.8, 4) is 11.5 Å². The summed E-state index contributed by atoms with van der Waals surface area (Å²) >= 11 is 0. The van der Waals surface area contributed by atoms with Crippen LogP contribution in [0.25, 0.3) is 0 Å². The summed E-state index contributed by atoms with van der Waals surface area (Å²) in [5.41, 5.74) is 1.33. The van der Waals surface area contributed by atoms with E-state index in [1.165, 1.54) is 7.11 Å². The van der Waals surface area contributed by atoms with Crippen molar-refractivity contribution in [1.82, 2.24) is 5.32 Å². The third-order valence-corrected chi connectivity index (χ3v) is 3.64. The van der Waals surface area contributed by atoms with E-state index in [9.17, 15) is 9.59 Å². The molecule has 0 spiro atoms. The lowest BCUT2D eigenvalue weighted by molar-refractivity contribution is -0.130. The van der Waals surface area contributed by atoms with Crippen LogP contribution in [0.2, 0.25) is 0 Å². The van der Waals surface area contributed by atoms with Crippen molar-refractivity contribution >= 4 is 11.9 Å². The highest BCUT2D eigenvalue weighted by Crippen LogP contribution is 2.30. The molecule has 0 bridgehead atoms. The summed E-state index contributed by atoms with van der Waals surface area (Å²) in [7, 11) is 1.33. The Morgan fingerprint density at radius 3 is 2.54 bits per heavy atom. The minimum Gasteiger partial charge on any atom is -0.485 e. The normalized spacial score (nSPS) is 15.5. The number of carbonyl (C=O) groups excluding carboxylic acids is 2. The van der Waals surface area contributed by atoms with Gasteiger partial charge in [-0.3, -0.25) is 4.79 Å². The summed E-state index contributed by atoms with van der Waals surface area (Å²) in [4.78, 5) is 23.6. The van der Waals surface area contributed by atoms with Gasteiger partial charge in [0.1, 0.15) is 6.61 Å². The number of amides is 1. The number of carbonyl (C=O) groups is 2. The number of benzene rings is 2. The molecule has 0 saturated heterocycles. The number of esters is 1. The maximum absolute atomic E-state index is 12.2. The molecule has 0 unspecified atom stereocenters. The first kappa shape index (κ1) is 15.9. The highest BCUT2D eigenvalue weighted by atomic mass is 16.6. The molecule has 0 saturated carbocycles. The lowest BCUT2D eigenvalue weighted by atomic mass is 10.1. The Kier molecular flexibility index (Phi) is 4.65. The van der Waals surface area contributed by atoms with Gasteiger partial charge in [0.2, 0.25) is 6.10 Å². The van der Waals surface area contributed by atoms with Gasteiger partial charge in [-0.15, -0.1) is 0 Å². The van der Waals surface area contributed by atoms with Gasteiger partial charge in [0.05, 0.1) is 12.7 Å². The predicted molar refractivity (Wildman–Crippen MR) is 86.0 cm³/mol. The summed E-state index contributed by atoms with van der Waals surface area (Å²) in [5.74, 6) is 0.560. The average Bonchev–Trinajstić information content (AvgIpc) is 2.65. The number of hydrogen-bond acceptors (Lipinski definition) is 5. The standard InChI is InChI=1S/C18H17NO5/c1-22-18(21)13-8-6-12(7-9-13)10-19-17(20)16-11-23-14-4-2-3-5-15(14)24-16/h2-9,16H,10-11H2,1H3,(H,19,20)/t16-/m1/s1. The van der Waals surface area contributed by atoms with Gasteiger partial charge >= 0.3 is 5.97 Å². The molecule has 0 aromatic heterocycles. The zero-order chi connectivity index (χ0) is 16.9. The molecule has 1 aliphatic rings.